The second-order valence-electron chi connectivity index (χ2n) is 16.4. The average Bonchev–Trinajstić information content (AvgIpc) is 3.74. The maximum Gasteiger partial charge on any atom is 0.149 e. The van der Waals surface area contributed by atoms with Crippen LogP contribution < -0.4 is 0 Å². The van der Waals surface area contributed by atoms with Crippen molar-refractivity contribution in [2.45, 2.75) is 78.1 Å². The molecule has 1 N–H and O–H groups in total. The predicted octanol–water partition coefficient (Wildman–Crippen LogP) is 12.8. The van der Waals surface area contributed by atoms with Gasteiger partial charge in [-0.05, 0) is 57.0 Å². The van der Waals surface area contributed by atoms with Crippen LogP contribution in [0.5, 0.6) is 5.75 Å². The number of phenolic OH excluding ortho intramolecular Hbond substituents is 1. The van der Waals surface area contributed by atoms with Crippen molar-refractivity contribution in [1.82, 2.24) is 14.5 Å². The van der Waals surface area contributed by atoms with Crippen LogP contribution in [-0.2, 0) is 10.8 Å². The molecule has 0 atom stereocenters. The van der Waals surface area contributed by atoms with Crippen LogP contribution in [0.25, 0.3) is 72.4 Å². The minimum absolute atomic E-state index is 0.115. The molecular formula is C48H45N3O2. The van der Waals surface area contributed by atoms with Gasteiger partial charge in [0.2, 0.25) is 0 Å². The standard InChI is InChI=1S/C48H45N3O2/c1-27(2)29-20-15-21-30(28(3)4)45(29)51-26-38(49-46(51)36-24-35-31-16-12-14-23-40(31)53-41(35)25-39(36)52)43-33-18-10-9-17-32(33)42-44(50-43)34-19-11-13-22-37(34)47(5,6)48(42,7)8/h9-28,52H,1-8H3. The zero-order valence-electron chi connectivity index (χ0n) is 31.7. The van der Waals surface area contributed by atoms with E-state index in [9.17, 15) is 5.11 Å². The van der Waals surface area contributed by atoms with Crippen LogP contribution in [0.1, 0.15) is 89.5 Å². The van der Waals surface area contributed by atoms with Crippen molar-refractivity contribution < 1.29 is 9.52 Å². The van der Waals surface area contributed by atoms with E-state index in [1.165, 1.54) is 33.2 Å². The first-order chi connectivity index (χ1) is 25.4. The van der Waals surface area contributed by atoms with E-state index in [1.54, 1.807) is 6.07 Å². The first-order valence-electron chi connectivity index (χ1n) is 18.8. The summed E-state index contributed by atoms with van der Waals surface area (Å²) in [7, 11) is 0. The third-order valence-electron chi connectivity index (χ3n) is 12.2. The second-order valence-corrected chi connectivity index (χ2v) is 16.4. The Kier molecular flexibility index (Phi) is 7.30. The molecule has 0 radical (unpaired) electrons. The zero-order chi connectivity index (χ0) is 37.0. The fourth-order valence-electron chi connectivity index (χ4n) is 8.75. The summed E-state index contributed by atoms with van der Waals surface area (Å²) in [4.78, 5) is 11.1. The second kappa shape index (κ2) is 11.7. The van der Waals surface area contributed by atoms with Crippen molar-refractivity contribution in [3.8, 4) is 45.5 Å². The molecule has 0 saturated heterocycles. The van der Waals surface area contributed by atoms with Gasteiger partial charge in [0.25, 0.3) is 0 Å². The van der Waals surface area contributed by atoms with Gasteiger partial charge in [-0.2, -0.15) is 0 Å². The summed E-state index contributed by atoms with van der Waals surface area (Å²) >= 11 is 0. The van der Waals surface area contributed by atoms with Crippen LogP contribution in [0, 0.1) is 0 Å². The number of fused-ring (bicyclic) bond motifs is 8. The summed E-state index contributed by atoms with van der Waals surface area (Å²) in [5.74, 6) is 1.27. The molecule has 0 amide bonds. The Balaban J connectivity index is 1.39. The molecule has 3 aromatic heterocycles. The number of pyridine rings is 1. The normalized spacial score (nSPS) is 14.8. The molecular weight excluding hydrogens is 651 g/mol. The van der Waals surface area contributed by atoms with Crippen molar-refractivity contribution in [2.24, 2.45) is 0 Å². The summed E-state index contributed by atoms with van der Waals surface area (Å²) in [6, 6.07) is 35.8. The molecule has 1 aliphatic carbocycles. The maximum atomic E-state index is 11.8. The molecule has 0 spiro atoms. The highest BCUT2D eigenvalue weighted by atomic mass is 16.3. The van der Waals surface area contributed by atoms with Gasteiger partial charge in [0, 0.05) is 39.4 Å². The lowest BCUT2D eigenvalue weighted by atomic mass is 9.55. The maximum absolute atomic E-state index is 11.8. The Morgan fingerprint density at radius 2 is 1.25 bits per heavy atom. The number of rotatable bonds is 5. The molecule has 0 unspecified atom stereocenters. The fraction of sp³-hybridized carbons (Fsp3) is 0.250. The number of nitrogens with zero attached hydrogens (tertiary/aromatic N) is 3. The number of hydrogen-bond acceptors (Lipinski definition) is 4. The van der Waals surface area contributed by atoms with E-state index < -0.39 is 0 Å². The largest absolute Gasteiger partial charge is 0.507 e. The van der Waals surface area contributed by atoms with Crippen molar-refractivity contribution in [3.05, 3.63) is 132 Å². The van der Waals surface area contributed by atoms with Crippen molar-refractivity contribution in [2.75, 3.05) is 0 Å². The summed E-state index contributed by atoms with van der Waals surface area (Å²) < 4.78 is 8.39. The highest BCUT2D eigenvalue weighted by molar-refractivity contribution is 6.07. The van der Waals surface area contributed by atoms with Gasteiger partial charge in [0.15, 0.2) is 0 Å². The molecule has 9 rings (SSSR count). The van der Waals surface area contributed by atoms with Crippen molar-refractivity contribution >= 4 is 32.7 Å². The lowest BCUT2D eigenvalue weighted by molar-refractivity contribution is 0.300. The summed E-state index contributed by atoms with van der Waals surface area (Å²) in [5, 5.41) is 16.0. The van der Waals surface area contributed by atoms with Crippen molar-refractivity contribution in [1.29, 1.82) is 0 Å². The van der Waals surface area contributed by atoms with Gasteiger partial charge in [-0.1, -0.05) is 140 Å². The number of aromatic hydroxyl groups is 1. The van der Waals surface area contributed by atoms with E-state index in [1.807, 2.05) is 24.3 Å². The molecule has 0 fully saturated rings. The Hall–Kier alpha value is -5.68. The number of para-hydroxylation sites is 2. The van der Waals surface area contributed by atoms with Gasteiger partial charge < -0.3 is 9.52 Å². The van der Waals surface area contributed by atoms with E-state index in [-0.39, 0.29) is 28.4 Å². The summed E-state index contributed by atoms with van der Waals surface area (Å²) in [5.41, 5.74) is 11.6. The number of imidazole rings is 1. The Labute approximate surface area is 311 Å². The third-order valence-corrected chi connectivity index (χ3v) is 12.2. The first-order valence-corrected chi connectivity index (χ1v) is 18.8. The molecule has 5 aromatic carbocycles. The molecule has 53 heavy (non-hydrogen) atoms. The number of furan rings is 1. The molecule has 0 aliphatic heterocycles. The summed E-state index contributed by atoms with van der Waals surface area (Å²) in [6.45, 7) is 18.4. The number of benzene rings is 5. The van der Waals surface area contributed by atoms with Crippen LogP contribution in [0.4, 0.5) is 0 Å². The summed E-state index contributed by atoms with van der Waals surface area (Å²) in [6.07, 6.45) is 2.14. The first kappa shape index (κ1) is 33.2. The minimum atomic E-state index is -0.205. The number of phenols is 1. The van der Waals surface area contributed by atoms with Crippen LogP contribution >= 0.6 is 0 Å². The Bertz CT molecular complexity index is 2730. The molecule has 264 valence electrons. The molecule has 0 saturated carbocycles. The van der Waals surface area contributed by atoms with Gasteiger partial charge in [-0.3, -0.25) is 4.57 Å². The van der Waals surface area contributed by atoms with Gasteiger partial charge in [0.05, 0.1) is 22.6 Å². The SMILES string of the molecule is CC(C)c1cccc(C(C)C)c1-n1cc(-c2nc3c(c4ccccc24)C(C)(C)C(C)(C)c2ccccc2-3)nc1-c1cc2c(cc1O)oc1ccccc12. The van der Waals surface area contributed by atoms with E-state index in [4.69, 9.17) is 14.4 Å². The lowest BCUT2D eigenvalue weighted by Crippen LogP contribution is -2.44. The topological polar surface area (TPSA) is 64.1 Å². The lowest BCUT2D eigenvalue weighted by Gasteiger charge is -2.48. The molecule has 3 heterocycles. The van der Waals surface area contributed by atoms with Gasteiger partial charge in [-0.15, -0.1) is 0 Å². The smallest absolute Gasteiger partial charge is 0.149 e. The molecule has 1 aliphatic rings. The van der Waals surface area contributed by atoms with Crippen LogP contribution in [-0.4, -0.2) is 19.6 Å². The van der Waals surface area contributed by atoms with E-state index in [2.05, 4.69) is 139 Å². The third kappa shape index (κ3) is 4.76. The number of hydrogen-bond donors (Lipinski definition) is 1. The van der Waals surface area contributed by atoms with Crippen LogP contribution in [0.15, 0.2) is 114 Å². The van der Waals surface area contributed by atoms with Gasteiger partial charge >= 0.3 is 0 Å². The molecule has 5 heteroatoms. The van der Waals surface area contributed by atoms with Crippen molar-refractivity contribution in [3.63, 3.8) is 0 Å². The molecule has 0 bridgehead atoms. The highest BCUT2D eigenvalue weighted by Gasteiger charge is 2.47. The Morgan fingerprint density at radius 3 is 1.96 bits per heavy atom. The fourth-order valence-corrected chi connectivity index (χ4v) is 8.75. The molecule has 5 nitrogen and oxygen atoms in total. The number of aromatic nitrogens is 3. The van der Waals surface area contributed by atoms with E-state index >= 15 is 0 Å². The minimum Gasteiger partial charge on any atom is -0.507 e. The quantitative estimate of drug-likeness (QED) is 0.195. The average molecular weight is 696 g/mol. The van der Waals surface area contributed by atoms with Gasteiger partial charge in [-0.25, -0.2) is 9.97 Å². The van der Waals surface area contributed by atoms with Gasteiger partial charge in [0.1, 0.15) is 28.4 Å². The van der Waals surface area contributed by atoms with Crippen LogP contribution in [0.3, 0.4) is 0 Å². The highest BCUT2D eigenvalue weighted by Crippen LogP contribution is 2.56. The monoisotopic (exact) mass is 695 g/mol. The molecule has 8 aromatic rings. The Morgan fingerprint density at radius 1 is 0.604 bits per heavy atom. The van der Waals surface area contributed by atoms with Crippen LogP contribution in [0.2, 0.25) is 0 Å². The van der Waals surface area contributed by atoms with E-state index in [0.717, 1.165) is 44.5 Å². The zero-order valence-corrected chi connectivity index (χ0v) is 31.7. The van der Waals surface area contributed by atoms with E-state index in [0.29, 0.717) is 17.0 Å². The predicted molar refractivity (Wildman–Crippen MR) is 218 cm³/mol.